The number of benzene rings is 1. The molecule has 0 aliphatic carbocycles. The molecule has 1 N–H and O–H groups in total. The highest BCUT2D eigenvalue weighted by Gasteiger charge is 2.22. The van der Waals surface area contributed by atoms with Crippen molar-refractivity contribution in [3.05, 3.63) is 33.9 Å². The third-order valence-corrected chi connectivity index (χ3v) is 2.60. The summed E-state index contributed by atoms with van der Waals surface area (Å²) in [6.07, 6.45) is 1.34. The van der Waals surface area contributed by atoms with Crippen LogP contribution in [0.15, 0.2) is 12.1 Å². The molecular weight excluding hydrogens is 230 g/mol. The Hall–Kier alpha value is -1.72. The topological polar surface area (TPSA) is 55.2 Å². The average molecular weight is 244 g/mol. The summed E-state index contributed by atoms with van der Waals surface area (Å²) < 4.78 is 26.6. The van der Waals surface area contributed by atoms with Crippen molar-refractivity contribution in [3.8, 4) is 0 Å². The predicted octanol–water partition coefficient (Wildman–Crippen LogP) is 3.47. The predicted molar refractivity (Wildman–Crippen MR) is 61.0 cm³/mol. The summed E-state index contributed by atoms with van der Waals surface area (Å²) in [5.74, 6) is -2.30. The molecule has 0 aliphatic rings. The maximum absolute atomic E-state index is 13.5. The lowest BCUT2D eigenvalue weighted by Crippen LogP contribution is -2.19. The first-order valence-corrected chi connectivity index (χ1v) is 5.40. The summed E-state index contributed by atoms with van der Waals surface area (Å²) in [4.78, 5) is 9.99. The Labute approximate surface area is 97.8 Å². The molecule has 1 aromatic rings. The van der Waals surface area contributed by atoms with Crippen LogP contribution in [0.2, 0.25) is 0 Å². The van der Waals surface area contributed by atoms with Crippen molar-refractivity contribution in [2.24, 2.45) is 0 Å². The Balaban J connectivity index is 3.18. The van der Waals surface area contributed by atoms with E-state index in [0.29, 0.717) is 12.8 Å². The van der Waals surface area contributed by atoms with Crippen molar-refractivity contribution >= 4 is 11.4 Å². The second-order valence-corrected chi connectivity index (χ2v) is 3.67. The molecule has 0 atom stereocenters. The van der Waals surface area contributed by atoms with E-state index in [2.05, 4.69) is 5.32 Å². The van der Waals surface area contributed by atoms with Crippen molar-refractivity contribution in [2.75, 3.05) is 5.32 Å². The zero-order valence-electron chi connectivity index (χ0n) is 9.67. The maximum Gasteiger partial charge on any atom is 0.295 e. The van der Waals surface area contributed by atoms with E-state index >= 15 is 0 Å². The molecule has 0 aliphatic heterocycles. The van der Waals surface area contributed by atoms with Gasteiger partial charge in [-0.15, -0.1) is 0 Å². The molecule has 0 unspecified atom stereocenters. The number of halogens is 2. The van der Waals surface area contributed by atoms with E-state index in [4.69, 9.17) is 0 Å². The molecule has 1 aromatic carbocycles. The first-order valence-electron chi connectivity index (χ1n) is 5.40. The van der Waals surface area contributed by atoms with Crippen molar-refractivity contribution < 1.29 is 13.7 Å². The summed E-state index contributed by atoms with van der Waals surface area (Å²) in [6.45, 7) is 3.73. The van der Waals surface area contributed by atoms with Gasteiger partial charge in [0.1, 0.15) is 0 Å². The minimum absolute atomic E-state index is 0.120. The number of rotatable bonds is 5. The molecule has 6 heteroatoms. The Kier molecular flexibility index (Phi) is 4.37. The minimum atomic E-state index is -1.20. The van der Waals surface area contributed by atoms with Crippen LogP contribution in [0.4, 0.5) is 20.2 Å². The third kappa shape index (κ3) is 2.89. The highest BCUT2D eigenvalue weighted by atomic mass is 19.2. The van der Waals surface area contributed by atoms with Gasteiger partial charge in [0.05, 0.1) is 4.92 Å². The molecule has 17 heavy (non-hydrogen) atoms. The fraction of sp³-hybridized carbons (Fsp3) is 0.455. The molecule has 0 saturated carbocycles. The van der Waals surface area contributed by atoms with E-state index < -0.39 is 22.2 Å². The number of nitrogens with zero attached hydrogens (tertiary/aromatic N) is 1. The van der Waals surface area contributed by atoms with Crippen LogP contribution in [0.1, 0.15) is 26.7 Å². The third-order valence-electron chi connectivity index (χ3n) is 2.60. The molecule has 1 rings (SSSR count). The van der Waals surface area contributed by atoms with Gasteiger partial charge in [-0.25, -0.2) is 8.78 Å². The number of nitro benzene ring substituents is 1. The monoisotopic (exact) mass is 244 g/mol. The molecule has 4 nitrogen and oxygen atoms in total. The van der Waals surface area contributed by atoms with Gasteiger partial charge in [-0.3, -0.25) is 10.1 Å². The number of anilines is 1. The minimum Gasteiger partial charge on any atom is -0.374 e. The lowest BCUT2D eigenvalue weighted by atomic mass is 10.1. The number of nitrogens with one attached hydrogen (secondary N) is 1. The number of nitro groups is 1. The largest absolute Gasteiger partial charge is 0.374 e. The van der Waals surface area contributed by atoms with E-state index in [1.54, 1.807) is 0 Å². The lowest BCUT2D eigenvalue weighted by Gasteiger charge is -2.16. The van der Waals surface area contributed by atoms with Crippen LogP contribution >= 0.6 is 0 Å². The first kappa shape index (κ1) is 13.3. The van der Waals surface area contributed by atoms with Gasteiger partial charge in [0.15, 0.2) is 17.3 Å². The van der Waals surface area contributed by atoms with Crippen LogP contribution in [0, 0.1) is 21.7 Å². The zero-order valence-corrected chi connectivity index (χ0v) is 9.67. The Morgan fingerprint density at radius 1 is 1.35 bits per heavy atom. The van der Waals surface area contributed by atoms with Gasteiger partial charge in [0.2, 0.25) is 0 Å². The molecule has 0 bridgehead atoms. The van der Waals surface area contributed by atoms with Crippen LogP contribution < -0.4 is 5.32 Å². The molecule has 94 valence electrons. The molecule has 0 aromatic heterocycles. The summed E-state index contributed by atoms with van der Waals surface area (Å²) >= 11 is 0. The first-order chi connectivity index (χ1) is 8.01. The van der Waals surface area contributed by atoms with Gasteiger partial charge in [0.25, 0.3) is 5.69 Å². The van der Waals surface area contributed by atoms with Crippen LogP contribution in [-0.4, -0.2) is 11.0 Å². The van der Waals surface area contributed by atoms with Gasteiger partial charge in [-0.1, -0.05) is 13.8 Å². The van der Waals surface area contributed by atoms with Gasteiger partial charge in [-0.05, 0) is 18.9 Å². The number of hydrogen-bond acceptors (Lipinski definition) is 3. The highest BCUT2D eigenvalue weighted by Crippen LogP contribution is 2.30. The number of hydrogen-bond donors (Lipinski definition) is 1. The van der Waals surface area contributed by atoms with Crippen LogP contribution in [0.25, 0.3) is 0 Å². The molecular formula is C11H14F2N2O2. The second-order valence-electron chi connectivity index (χ2n) is 3.67. The molecule has 0 spiro atoms. The summed E-state index contributed by atoms with van der Waals surface area (Å²) in [5, 5.41) is 13.4. The second kappa shape index (κ2) is 5.56. The van der Waals surface area contributed by atoms with E-state index in [1.165, 1.54) is 0 Å². The molecule has 0 amide bonds. The van der Waals surface area contributed by atoms with Gasteiger partial charge >= 0.3 is 0 Å². The Bertz CT molecular complexity index is 420. The molecule has 0 saturated heterocycles. The van der Waals surface area contributed by atoms with Crippen LogP contribution in [0.3, 0.4) is 0 Å². The Morgan fingerprint density at radius 3 is 2.41 bits per heavy atom. The quantitative estimate of drug-likeness (QED) is 0.637. The van der Waals surface area contributed by atoms with E-state index in [1.807, 2.05) is 13.8 Å². The normalized spacial score (nSPS) is 10.6. The molecule has 0 heterocycles. The molecule has 0 fully saturated rings. The SMILES string of the molecule is CCC(CC)Nc1c([N+](=O)[O-])ccc(F)c1F. The molecule has 0 radical (unpaired) electrons. The van der Waals surface area contributed by atoms with Crippen LogP contribution in [0.5, 0.6) is 0 Å². The standard InChI is InChI=1S/C11H14F2N2O2/c1-3-7(4-2)14-11-9(15(16)17)6-5-8(12)10(11)13/h5-7,14H,3-4H2,1-2H3. The highest BCUT2D eigenvalue weighted by molar-refractivity contribution is 5.63. The van der Waals surface area contributed by atoms with Gasteiger partial charge < -0.3 is 5.32 Å². The van der Waals surface area contributed by atoms with Crippen molar-refractivity contribution in [1.82, 2.24) is 0 Å². The van der Waals surface area contributed by atoms with Crippen molar-refractivity contribution in [1.29, 1.82) is 0 Å². The maximum atomic E-state index is 13.5. The van der Waals surface area contributed by atoms with Gasteiger partial charge in [0, 0.05) is 12.1 Å². The smallest absolute Gasteiger partial charge is 0.295 e. The van der Waals surface area contributed by atoms with E-state index in [9.17, 15) is 18.9 Å². The van der Waals surface area contributed by atoms with E-state index in [0.717, 1.165) is 12.1 Å². The van der Waals surface area contributed by atoms with Crippen molar-refractivity contribution in [3.63, 3.8) is 0 Å². The fourth-order valence-electron chi connectivity index (χ4n) is 1.53. The summed E-state index contributed by atoms with van der Waals surface area (Å²) in [6, 6.07) is 1.60. The lowest BCUT2D eigenvalue weighted by molar-refractivity contribution is -0.384. The van der Waals surface area contributed by atoms with Gasteiger partial charge in [-0.2, -0.15) is 0 Å². The summed E-state index contributed by atoms with van der Waals surface area (Å²) in [5.41, 5.74) is -0.820. The van der Waals surface area contributed by atoms with Crippen molar-refractivity contribution in [2.45, 2.75) is 32.7 Å². The average Bonchev–Trinajstić information content (AvgIpc) is 2.30. The van der Waals surface area contributed by atoms with Crippen LogP contribution in [-0.2, 0) is 0 Å². The van der Waals surface area contributed by atoms with E-state index in [-0.39, 0.29) is 11.7 Å². The summed E-state index contributed by atoms with van der Waals surface area (Å²) in [7, 11) is 0. The fourth-order valence-corrected chi connectivity index (χ4v) is 1.53. The Morgan fingerprint density at radius 2 is 1.94 bits per heavy atom. The zero-order chi connectivity index (χ0) is 13.0.